The van der Waals surface area contributed by atoms with E-state index in [-0.39, 0.29) is 18.0 Å². The highest BCUT2D eigenvalue weighted by Gasteiger charge is 2.30. The molecule has 0 radical (unpaired) electrons. The number of nitrogens with one attached hydrogen (secondary N) is 1. The van der Waals surface area contributed by atoms with Gasteiger partial charge in [-0.1, -0.05) is 24.8 Å². The molecule has 1 aliphatic rings. The number of carbonyl (C=O) groups is 1. The molecule has 0 bridgehead atoms. The summed E-state index contributed by atoms with van der Waals surface area (Å²) in [4.78, 5) is 14.1. The molecule has 1 aromatic carbocycles. The Balaban J connectivity index is 1.78. The van der Waals surface area contributed by atoms with Crippen LogP contribution in [0.25, 0.3) is 0 Å². The number of nitrogens with zero attached hydrogens (tertiary/aromatic N) is 1. The first-order valence-electron chi connectivity index (χ1n) is 8.89. The molecule has 1 saturated carbocycles. The average Bonchev–Trinajstić information content (AvgIpc) is 2.59. The maximum absolute atomic E-state index is 12.6. The number of alkyl halides is 3. The Labute approximate surface area is 153 Å². The molecule has 1 fully saturated rings. The van der Waals surface area contributed by atoms with Gasteiger partial charge in [-0.3, -0.25) is 9.69 Å². The monoisotopic (exact) mass is 366 g/mol. The van der Waals surface area contributed by atoms with Crippen molar-refractivity contribution in [1.29, 1.82) is 0 Å². The highest BCUT2D eigenvalue weighted by Crippen LogP contribution is 2.29. The van der Waals surface area contributed by atoms with E-state index in [1.807, 2.05) is 7.05 Å². The van der Waals surface area contributed by atoms with Crippen LogP contribution in [0, 0.1) is 17.8 Å². The molecule has 2 rings (SSSR count). The fourth-order valence-corrected chi connectivity index (χ4v) is 3.16. The van der Waals surface area contributed by atoms with Crippen LogP contribution in [-0.4, -0.2) is 37.0 Å². The highest BCUT2D eigenvalue weighted by atomic mass is 19.4. The molecule has 1 aliphatic carbocycles. The van der Waals surface area contributed by atoms with Gasteiger partial charge in [0.2, 0.25) is 5.91 Å². The van der Waals surface area contributed by atoms with Gasteiger partial charge in [-0.2, -0.15) is 13.2 Å². The second-order valence-electron chi connectivity index (χ2n) is 6.99. The second kappa shape index (κ2) is 9.09. The summed E-state index contributed by atoms with van der Waals surface area (Å²) in [7, 11) is 1.95. The molecule has 1 amide bonds. The van der Waals surface area contributed by atoms with Crippen molar-refractivity contribution in [2.45, 2.75) is 44.8 Å². The summed E-state index contributed by atoms with van der Waals surface area (Å²) in [5.74, 6) is 6.00. The second-order valence-corrected chi connectivity index (χ2v) is 6.99. The molecule has 0 aliphatic heterocycles. The van der Waals surface area contributed by atoms with Crippen LogP contribution in [0.4, 0.5) is 13.2 Å². The predicted octanol–water partition coefficient (Wildman–Crippen LogP) is 3.68. The SMILES string of the molecule is CC1CCC(N(C)CC(=O)NCC#Cc2cccc(C(F)(F)F)c2)CC1. The third-order valence-corrected chi connectivity index (χ3v) is 4.80. The molecule has 0 saturated heterocycles. The van der Waals surface area contributed by atoms with Crippen LogP contribution in [-0.2, 0) is 11.0 Å². The number of hydrogen-bond acceptors (Lipinski definition) is 2. The van der Waals surface area contributed by atoms with Gasteiger partial charge < -0.3 is 5.32 Å². The van der Waals surface area contributed by atoms with Crippen molar-refractivity contribution in [2.75, 3.05) is 20.1 Å². The normalized spacial score (nSPS) is 20.4. The van der Waals surface area contributed by atoms with Crippen molar-refractivity contribution in [1.82, 2.24) is 10.2 Å². The van der Waals surface area contributed by atoms with E-state index in [1.165, 1.54) is 25.0 Å². The van der Waals surface area contributed by atoms with Crippen LogP contribution in [0.15, 0.2) is 24.3 Å². The fourth-order valence-electron chi connectivity index (χ4n) is 3.16. The van der Waals surface area contributed by atoms with Crippen molar-refractivity contribution in [2.24, 2.45) is 5.92 Å². The zero-order valence-electron chi connectivity index (χ0n) is 15.2. The van der Waals surface area contributed by atoms with Crippen molar-refractivity contribution in [3.05, 3.63) is 35.4 Å². The third-order valence-electron chi connectivity index (χ3n) is 4.80. The molecule has 0 aromatic heterocycles. The lowest BCUT2D eigenvalue weighted by Crippen LogP contribution is -2.42. The molecule has 0 atom stereocenters. The molecule has 0 unspecified atom stereocenters. The Morgan fingerprint density at radius 2 is 1.96 bits per heavy atom. The molecular formula is C20H25F3N2O. The van der Waals surface area contributed by atoms with Crippen LogP contribution >= 0.6 is 0 Å². The van der Waals surface area contributed by atoms with Crippen LogP contribution < -0.4 is 5.32 Å². The quantitative estimate of drug-likeness (QED) is 0.825. The first kappa shape index (κ1) is 20.3. The van der Waals surface area contributed by atoms with Crippen molar-refractivity contribution in [3.8, 4) is 11.8 Å². The van der Waals surface area contributed by atoms with Gasteiger partial charge in [-0.25, -0.2) is 0 Å². The van der Waals surface area contributed by atoms with Crippen molar-refractivity contribution in [3.63, 3.8) is 0 Å². The summed E-state index contributed by atoms with van der Waals surface area (Å²) in [6.45, 7) is 2.68. The van der Waals surface area contributed by atoms with E-state index in [2.05, 4.69) is 29.0 Å². The standard InChI is InChI=1S/C20H25F3N2O/c1-15-8-10-18(11-9-15)25(2)14-19(26)24-12-4-6-16-5-3-7-17(13-16)20(21,22)23/h3,5,7,13,15,18H,8-12,14H2,1-2H3,(H,24,26). The summed E-state index contributed by atoms with van der Waals surface area (Å²) >= 11 is 0. The topological polar surface area (TPSA) is 32.3 Å². The minimum absolute atomic E-state index is 0.116. The van der Waals surface area contributed by atoms with Crippen LogP contribution in [0.3, 0.4) is 0 Å². The molecule has 3 nitrogen and oxygen atoms in total. The van der Waals surface area contributed by atoms with E-state index in [0.29, 0.717) is 12.6 Å². The summed E-state index contributed by atoms with van der Waals surface area (Å²) in [6.07, 6.45) is 0.228. The van der Waals surface area contributed by atoms with E-state index in [9.17, 15) is 18.0 Å². The van der Waals surface area contributed by atoms with Crippen LogP contribution in [0.2, 0.25) is 0 Å². The maximum Gasteiger partial charge on any atom is 0.416 e. The Morgan fingerprint density at radius 1 is 1.27 bits per heavy atom. The summed E-state index contributed by atoms with van der Waals surface area (Å²) < 4.78 is 37.9. The van der Waals surface area contributed by atoms with Gasteiger partial charge in [0.1, 0.15) is 0 Å². The molecule has 142 valence electrons. The Kier molecular flexibility index (Phi) is 7.10. The number of rotatable bonds is 4. The maximum atomic E-state index is 12.6. The van der Waals surface area contributed by atoms with Gasteiger partial charge in [0.25, 0.3) is 0 Å². The molecule has 1 N–H and O–H groups in total. The van der Waals surface area contributed by atoms with Crippen molar-refractivity contribution < 1.29 is 18.0 Å². The smallest absolute Gasteiger partial charge is 0.344 e. The van der Waals surface area contributed by atoms with Gasteiger partial charge >= 0.3 is 6.18 Å². The zero-order chi connectivity index (χ0) is 19.2. The number of benzene rings is 1. The number of amides is 1. The summed E-state index contributed by atoms with van der Waals surface area (Å²) in [6, 6.07) is 5.29. The molecular weight excluding hydrogens is 341 g/mol. The fraction of sp³-hybridized carbons (Fsp3) is 0.550. The number of halogens is 3. The minimum atomic E-state index is -4.38. The van der Waals surface area contributed by atoms with Gasteiger partial charge in [-0.15, -0.1) is 0 Å². The molecule has 0 heterocycles. The molecule has 6 heteroatoms. The lowest BCUT2D eigenvalue weighted by Gasteiger charge is -2.33. The molecule has 26 heavy (non-hydrogen) atoms. The van der Waals surface area contributed by atoms with E-state index >= 15 is 0 Å². The van der Waals surface area contributed by atoms with Gasteiger partial charge in [0, 0.05) is 11.6 Å². The first-order chi connectivity index (χ1) is 12.3. The highest BCUT2D eigenvalue weighted by molar-refractivity contribution is 5.78. The predicted molar refractivity (Wildman–Crippen MR) is 95.4 cm³/mol. The molecule has 1 aromatic rings. The first-order valence-corrected chi connectivity index (χ1v) is 8.89. The number of likely N-dealkylation sites (N-methyl/N-ethyl adjacent to an activating group) is 1. The van der Waals surface area contributed by atoms with Gasteiger partial charge in [0.15, 0.2) is 0 Å². The largest absolute Gasteiger partial charge is 0.416 e. The van der Waals surface area contributed by atoms with Gasteiger partial charge in [0.05, 0.1) is 18.7 Å². The van der Waals surface area contributed by atoms with Crippen LogP contribution in [0.5, 0.6) is 0 Å². The third kappa shape index (κ3) is 6.38. The Morgan fingerprint density at radius 3 is 2.62 bits per heavy atom. The summed E-state index contributed by atoms with van der Waals surface area (Å²) in [5.41, 5.74) is -0.445. The number of hydrogen-bond donors (Lipinski definition) is 1. The van der Waals surface area contributed by atoms with Gasteiger partial charge in [-0.05, 0) is 56.8 Å². The van der Waals surface area contributed by atoms with Crippen LogP contribution in [0.1, 0.15) is 43.7 Å². The lowest BCUT2D eigenvalue weighted by molar-refractivity contribution is -0.137. The lowest BCUT2D eigenvalue weighted by atomic mass is 9.87. The van der Waals surface area contributed by atoms with Crippen molar-refractivity contribution >= 4 is 5.91 Å². The van der Waals surface area contributed by atoms with E-state index in [0.717, 1.165) is 30.9 Å². The van der Waals surface area contributed by atoms with E-state index in [1.54, 1.807) is 0 Å². The van der Waals surface area contributed by atoms with E-state index in [4.69, 9.17) is 0 Å². The minimum Gasteiger partial charge on any atom is -0.344 e. The average molecular weight is 366 g/mol. The Bertz CT molecular complexity index is 668. The molecule has 0 spiro atoms. The zero-order valence-corrected chi connectivity index (χ0v) is 15.2. The Hall–Kier alpha value is -2.00. The summed E-state index contributed by atoms with van der Waals surface area (Å²) in [5, 5.41) is 2.70. The van der Waals surface area contributed by atoms with E-state index < -0.39 is 11.7 Å². The number of carbonyl (C=O) groups excluding carboxylic acids is 1.